The summed E-state index contributed by atoms with van der Waals surface area (Å²) < 4.78 is 8.01. The molecule has 0 radical (unpaired) electrons. The molecular weight excluding hydrogens is 2030 g/mol. The van der Waals surface area contributed by atoms with Crippen LogP contribution in [0.5, 0.6) is 11.5 Å². The molecule has 8 nitrogen and oxygen atoms in total. The van der Waals surface area contributed by atoms with Crippen molar-refractivity contribution in [1.82, 2.24) is 19.8 Å². The average Bonchev–Trinajstić information content (AvgIpc) is 3.21. The van der Waals surface area contributed by atoms with Crippen LogP contribution in [0.1, 0.15) is 49.0 Å². The minimum absolute atomic E-state index is 0.178. The predicted molar refractivity (Wildman–Crippen MR) is 314 cm³/mol. The molecule has 0 amide bonds. The van der Waals surface area contributed by atoms with Gasteiger partial charge in [-0.2, -0.15) is 0 Å². The Hall–Kier alpha value is 3.79. The monoisotopic (exact) mass is 2080 g/mol. The Morgan fingerprint density at radius 1 is 0.655 bits per heavy atom. The minimum atomic E-state index is -1.34. The van der Waals surface area contributed by atoms with Crippen LogP contribution >= 0.6 is 144 Å². The van der Waals surface area contributed by atoms with Crippen molar-refractivity contribution in [2.75, 3.05) is 40.4 Å². The van der Waals surface area contributed by atoms with Gasteiger partial charge in [-0.1, -0.05) is 12.2 Å². The molecule has 6 fully saturated rings. The summed E-state index contributed by atoms with van der Waals surface area (Å²) in [4.78, 5) is 13.7. The second-order valence-electron chi connectivity index (χ2n) is 14.7. The van der Waals surface area contributed by atoms with Crippen LogP contribution < -0.4 is 9.47 Å². The van der Waals surface area contributed by atoms with E-state index in [0.717, 1.165) is 83.5 Å². The number of aliphatic hydroxyl groups is 2. The van der Waals surface area contributed by atoms with E-state index in [1.54, 1.807) is 26.6 Å². The van der Waals surface area contributed by atoms with Crippen LogP contribution in [0.15, 0.2) is 86.2 Å². The molecule has 2 unspecified atom stereocenters. The van der Waals surface area contributed by atoms with Crippen molar-refractivity contribution in [3.63, 3.8) is 0 Å². The number of hydrogen-bond donors (Lipinski definition) is 2. The van der Waals surface area contributed by atoms with Crippen LogP contribution in [0.3, 0.4) is 0 Å². The molecule has 0 spiro atoms. The summed E-state index contributed by atoms with van der Waals surface area (Å²) in [5.41, 5.74) is 3.69. The van der Waals surface area contributed by atoms with Crippen LogP contribution in [0, 0.1) is 23.7 Å². The molecule has 2 N–H and O–H groups in total. The fraction of sp³-hybridized carbons (Fsp3) is 0.450. The van der Waals surface area contributed by atoms with E-state index in [1.807, 2.05) is 48.5 Å². The zero-order chi connectivity index (χ0) is 42.4. The van der Waals surface area contributed by atoms with E-state index in [-0.39, 0.29) is 12.1 Å². The molecular formula is C40H48Bi2I8N4O4-2. The van der Waals surface area contributed by atoms with Crippen LogP contribution in [0.2, 0.25) is 0 Å². The Balaban J connectivity index is 0.000000180. The summed E-state index contributed by atoms with van der Waals surface area (Å²) in [6.45, 7) is 12.1. The molecule has 0 saturated carbocycles. The van der Waals surface area contributed by atoms with E-state index in [0.29, 0.717) is 23.7 Å². The first-order valence-corrected chi connectivity index (χ1v) is 97.0. The molecule has 18 heteroatoms. The van der Waals surface area contributed by atoms with Crippen molar-refractivity contribution >= 4 is 173 Å². The molecule has 0 aliphatic carbocycles. The maximum absolute atomic E-state index is 11.2. The van der Waals surface area contributed by atoms with Gasteiger partial charge in [-0.25, -0.2) is 0 Å². The summed E-state index contributed by atoms with van der Waals surface area (Å²) in [7, 11) is 3.32. The Morgan fingerprint density at radius 3 is 1.31 bits per heavy atom. The number of hydrogen-bond acceptors (Lipinski definition) is 8. The van der Waals surface area contributed by atoms with Gasteiger partial charge >= 0.3 is 151 Å². The van der Waals surface area contributed by atoms with E-state index in [4.69, 9.17) is 9.47 Å². The van der Waals surface area contributed by atoms with Crippen molar-refractivity contribution in [2.45, 2.75) is 50.0 Å². The van der Waals surface area contributed by atoms with Gasteiger partial charge in [0.25, 0.3) is 0 Å². The number of pyridine rings is 2. The van der Waals surface area contributed by atoms with Crippen molar-refractivity contribution in [3.8, 4) is 11.5 Å². The summed E-state index contributed by atoms with van der Waals surface area (Å²) in [6.07, 6.45) is 11.2. The van der Waals surface area contributed by atoms with E-state index in [9.17, 15) is 10.2 Å². The first-order chi connectivity index (χ1) is 27.4. The Morgan fingerprint density at radius 2 is 1.02 bits per heavy atom. The standard InChI is InChI=1S/2C20H24N2O2.2Bi.8HI/c2*1-3-13-12-22-9-7-14(13)10-19(22)20(23)16-6-8-21-18-5-4-15(24-2)11-17(16)18;;;;;;;;;;/h2*3-6,8,11,13-14,19-20,23H,1,7,9-10,12H2,2H3;;;8*1H/q;;2*+3;;;;;;;;/p-8/t2*13-,14-,19-,20+;;;;;;;;;;/m00........../s1. The number of aromatic nitrogens is 2. The molecule has 58 heavy (non-hydrogen) atoms. The quantitative estimate of drug-likeness (QED) is 0.102. The number of ether oxygens (including phenoxy) is 2. The number of nitrogens with zero attached hydrogens (tertiary/aromatic N) is 4. The molecule has 6 aliphatic heterocycles. The van der Waals surface area contributed by atoms with Crippen LogP contribution in [0.25, 0.3) is 21.8 Å². The van der Waals surface area contributed by atoms with Crippen molar-refractivity contribution < 1.29 is 19.7 Å². The number of rotatable bonds is 8. The first-order valence-electron chi connectivity index (χ1n) is 18.7. The molecule has 4 bridgehead atoms. The molecule has 2 aromatic carbocycles. The van der Waals surface area contributed by atoms with Gasteiger partial charge in [0.05, 0.1) is 37.5 Å². The van der Waals surface area contributed by atoms with Crippen LogP contribution in [-0.4, -0.2) is 89.5 Å². The summed E-state index contributed by atoms with van der Waals surface area (Å²) in [5.74, 6) is 4.01. The normalized spacial score (nSPS) is 27.7. The SMILES string of the molecule is C=C[C@H]1CN2CC[C@H]1C[C@H]2[C@H](O)c1ccnc2ccc(OC)cc12.C=C[C@H]1CN2CC[C@H]1C[C@H]2[C@H](O)c1ccnc2ccc(OC)cc12.[I][Bi-]([I])([I])[I].[I][Bi-]([I])([I])[I]. The average molecular weight is 2080 g/mol. The van der Waals surface area contributed by atoms with E-state index in [1.165, 1.54) is 12.8 Å². The number of aliphatic hydroxyl groups excluding tert-OH is 2. The number of piperidine rings is 6. The van der Waals surface area contributed by atoms with E-state index < -0.39 is 19.2 Å². The molecule has 2 aromatic heterocycles. The van der Waals surface area contributed by atoms with Crippen LogP contribution in [-0.2, 0) is 0 Å². The van der Waals surface area contributed by atoms with Gasteiger partial charge in [-0.3, -0.25) is 19.8 Å². The maximum atomic E-state index is 11.2. The van der Waals surface area contributed by atoms with Gasteiger partial charge in [-0.15, -0.1) is 13.2 Å². The Kier molecular flexibility index (Phi) is 22.5. The summed E-state index contributed by atoms with van der Waals surface area (Å²) >= 11 is 20.4. The van der Waals surface area contributed by atoms with Gasteiger partial charge in [-0.05, 0) is 122 Å². The van der Waals surface area contributed by atoms with Gasteiger partial charge < -0.3 is 19.7 Å². The molecule has 6 saturated heterocycles. The molecule has 6 aliphatic rings. The zero-order valence-electron chi connectivity index (χ0n) is 32.0. The Bertz CT molecular complexity index is 1860. The molecule has 10 atom stereocenters. The van der Waals surface area contributed by atoms with Gasteiger partial charge in [0, 0.05) is 48.3 Å². The number of methoxy groups -OCH3 is 2. The topological polar surface area (TPSA) is 91.2 Å². The summed E-state index contributed by atoms with van der Waals surface area (Å²) in [5, 5.41) is 24.3. The second kappa shape index (κ2) is 24.7. The zero-order valence-corrected chi connectivity index (χ0v) is 56.3. The van der Waals surface area contributed by atoms with Gasteiger partial charge in [0.15, 0.2) is 0 Å². The summed E-state index contributed by atoms with van der Waals surface area (Å²) in [6, 6.07) is 15.9. The van der Waals surface area contributed by atoms with Crippen LogP contribution in [0.4, 0.5) is 0 Å². The third-order valence-electron chi connectivity index (χ3n) is 11.6. The number of fused-ring (bicyclic) bond motifs is 8. The van der Waals surface area contributed by atoms with Gasteiger partial charge in [0.2, 0.25) is 0 Å². The fourth-order valence-corrected chi connectivity index (χ4v) is 8.89. The van der Waals surface area contributed by atoms with Crippen molar-refractivity contribution in [3.05, 3.63) is 97.4 Å². The fourth-order valence-electron chi connectivity index (χ4n) is 8.89. The van der Waals surface area contributed by atoms with E-state index >= 15 is 0 Å². The predicted octanol–water partition coefficient (Wildman–Crippen LogP) is 12.7. The third-order valence-corrected chi connectivity index (χ3v) is 11.6. The second-order valence-corrected chi connectivity index (χ2v) is 317. The number of halogens is 8. The van der Waals surface area contributed by atoms with Crippen molar-refractivity contribution in [1.29, 1.82) is 0 Å². The third kappa shape index (κ3) is 15.4. The van der Waals surface area contributed by atoms with Crippen molar-refractivity contribution in [2.24, 2.45) is 23.7 Å². The molecule has 320 valence electrons. The molecule has 8 heterocycles. The first kappa shape index (κ1) is 52.8. The van der Waals surface area contributed by atoms with E-state index in [2.05, 4.69) is 189 Å². The molecule has 4 aromatic rings. The molecule has 10 rings (SSSR count). The Labute approximate surface area is 426 Å². The van der Waals surface area contributed by atoms with Gasteiger partial charge in [0.1, 0.15) is 11.5 Å². The number of benzene rings is 2.